The molecule has 9 heavy (non-hydrogen) atoms. The summed E-state index contributed by atoms with van der Waals surface area (Å²) in [6, 6.07) is 0. The van der Waals surface area contributed by atoms with Gasteiger partial charge in [0.2, 0.25) is 1.43 Å². The molecule has 1 rings (SSSR count). The first-order valence-electron chi connectivity index (χ1n) is 3.56. The van der Waals surface area contributed by atoms with Crippen LogP contribution >= 0.6 is 0 Å². The molecule has 1 saturated heterocycles. The van der Waals surface area contributed by atoms with Crippen LogP contribution in [0.1, 0.15) is 13.3 Å². The standard InChI is InChI=1S/C6H12O3/c1-4-2-5(8)6(3-7)9-4/h4-8H,2-3H2,1H3/t4-,5-,6+/m0/s1/i7D. The van der Waals surface area contributed by atoms with Crippen LogP contribution in [0.25, 0.3) is 0 Å². The van der Waals surface area contributed by atoms with Gasteiger partial charge in [-0.1, -0.05) is 0 Å². The first kappa shape index (κ1) is 5.65. The zero-order valence-corrected chi connectivity index (χ0v) is 5.41. The van der Waals surface area contributed by atoms with Gasteiger partial charge in [-0.3, -0.25) is 0 Å². The lowest BCUT2D eigenvalue weighted by molar-refractivity contribution is -0.0170. The number of aliphatic hydroxyl groups excluding tert-OH is 2. The highest BCUT2D eigenvalue weighted by Crippen LogP contribution is 2.18. The summed E-state index contributed by atoms with van der Waals surface area (Å²) in [6.45, 7) is 2.05. The molecule has 1 heterocycles. The molecular weight excluding hydrogens is 120 g/mol. The SMILES string of the molecule is [2H]OC[C@H]1O[C@@H](C)C[C@@H]1O. The molecule has 0 bridgehead atoms. The molecule has 0 aliphatic carbocycles. The van der Waals surface area contributed by atoms with Crippen molar-refractivity contribution < 1.29 is 15.0 Å². The molecule has 2 N–H and O–H groups in total. The van der Waals surface area contributed by atoms with Gasteiger partial charge in [-0.15, -0.1) is 0 Å². The maximum atomic E-state index is 9.20. The van der Waals surface area contributed by atoms with E-state index < -0.39 is 6.10 Å². The Morgan fingerprint density at radius 2 is 2.67 bits per heavy atom. The van der Waals surface area contributed by atoms with Crippen LogP contribution in [0, 0.1) is 0 Å². The van der Waals surface area contributed by atoms with E-state index in [4.69, 9.17) is 6.17 Å². The van der Waals surface area contributed by atoms with Crippen molar-refractivity contribution in [2.45, 2.75) is 31.7 Å². The lowest BCUT2D eigenvalue weighted by atomic mass is 10.1. The van der Waals surface area contributed by atoms with Gasteiger partial charge in [0.15, 0.2) is 0 Å². The third kappa shape index (κ3) is 1.41. The van der Waals surface area contributed by atoms with E-state index in [9.17, 15) is 5.11 Å². The lowest BCUT2D eigenvalue weighted by Gasteiger charge is -2.08. The molecule has 3 atom stereocenters. The number of rotatable bonds is 2. The minimum Gasteiger partial charge on any atom is -0.394 e. The Kier molecular flexibility index (Phi) is 1.66. The van der Waals surface area contributed by atoms with E-state index in [1.165, 1.54) is 0 Å². The van der Waals surface area contributed by atoms with Crippen molar-refractivity contribution in [2.75, 3.05) is 6.61 Å². The van der Waals surface area contributed by atoms with Crippen molar-refractivity contribution >= 4 is 0 Å². The van der Waals surface area contributed by atoms with Gasteiger partial charge in [0.05, 0.1) is 18.8 Å². The molecule has 0 aromatic rings. The van der Waals surface area contributed by atoms with E-state index in [0.29, 0.717) is 6.42 Å². The van der Waals surface area contributed by atoms with E-state index >= 15 is 0 Å². The van der Waals surface area contributed by atoms with Gasteiger partial charge in [0, 0.05) is 6.42 Å². The van der Waals surface area contributed by atoms with Crippen LogP contribution in [0.2, 0.25) is 0 Å². The number of ether oxygens (including phenoxy) is 1. The van der Waals surface area contributed by atoms with Crippen molar-refractivity contribution in [2.24, 2.45) is 0 Å². The van der Waals surface area contributed by atoms with Crippen LogP contribution < -0.4 is 0 Å². The third-order valence-electron chi connectivity index (χ3n) is 1.57. The second kappa shape index (κ2) is 2.64. The molecule has 0 amide bonds. The van der Waals surface area contributed by atoms with Gasteiger partial charge >= 0.3 is 0 Å². The van der Waals surface area contributed by atoms with Gasteiger partial charge in [-0.05, 0) is 6.92 Å². The molecule has 0 aromatic carbocycles. The van der Waals surface area contributed by atoms with Crippen molar-refractivity contribution in [3.05, 3.63) is 0 Å². The second-order valence-corrected chi connectivity index (χ2v) is 2.45. The molecule has 0 aromatic heterocycles. The van der Waals surface area contributed by atoms with E-state index in [1.807, 2.05) is 6.92 Å². The van der Waals surface area contributed by atoms with Crippen molar-refractivity contribution in [3.63, 3.8) is 0 Å². The summed E-state index contributed by atoms with van der Waals surface area (Å²) in [6.07, 6.45) is -0.0170. The fourth-order valence-corrected chi connectivity index (χ4v) is 1.09. The molecule has 0 spiro atoms. The fraction of sp³-hybridized carbons (Fsp3) is 1.00. The van der Waals surface area contributed by atoms with Gasteiger partial charge in [0.25, 0.3) is 0 Å². The van der Waals surface area contributed by atoms with E-state index in [1.54, 1.807) is 0 Å². The van der Waals surface area contributed by atoms with Crippen LogP contribution in [0.5, 0.6) is 0 Å². The first-order valence-corrected chi connectivity index (χ1v) is 3.15. The van der Waals surface area contributed by atoms with Crippen LogP contribution in [0.15, 0.2) is 0 Å². The van der Waals surface area contributed by atoms with Crippen molar-refractivity contribution in [1.82, 2.24) is 0 Å². The highest BCUT2D eigenvalue weighted by molar-refractivity contribution is 4.78. The Morgan fingerprint density at radius 3 is 3.11 bits per heavy atom. The van der Waals surface area contributed by atoms with E-state index in [0.717, 1.165) is 0 Å². The van der Waals surface area contributed by atoms with Gasteiger partial charge in [0.1, 0.15) is 6.10 Å². The smallest absolute Gasteiger partial charge is 0.210 e. The molecule has 3 heteroatoms. The van der Waals surface area contributed by atoms with Crippen LogP contribution in [-0.4, -0.2) is 36.6 Å². The zero-order valence-electron chi connectivity index (χ0n) is 6.41. The van der Waals surface area contributed by atoms with Crippen molar-refractivity contribution in [1.29, 1.82) is 1.43 Å². The molecule has 0 saturated carbocycles. The Hall–Kier alpha value is -0.120. The van der Waals surface area contributed by atoms with Gasteiger partial charge < -0.3 is 15.0 Å². The average Bonchev–Trinajstić information content (AvgIpc) is 2.13. The maximum Gasteiger partial charge on any atom is 0.210 e. The van der Waals surface area contributed by atoms with E-state index in [-0.39, 0.29) is 18.8 Å². The predicted octanol–water partition coefficient (Wildman–Crippen LogP) is -0.483. The average molecular weight is 133 g/mol. The molecule has 3 nitrogen and oxygen atoms in total. The Labute approximate surface area is 55.8 Å². The Balaban J connectivity index is 2.31. The van der Waals surface area contributed by atoms with Gasteiger partial charge in [-0.25, -0.2) is 0 Å². The summed E-state index contributed by atoms with van der Waals surface area (Å²) in [4.78, 5) is 0. The number of hydrogen-bond acceptors (Lipinski definition) is 3. The Morgan fingerprint density at radius 1 is 1.89 bits per heavy atom. The molecule has 0 radical (unpaired) electrons. The molecule has 0 unspecified atom stereocenters. The quantitative estimate of drug-likeness (QED) is 0.534. The normalized spacial score (nSPS) is 45.1. The largest absolute Gasteiger partial charge is 0.394 e. The molecule has 1 fully saturated rings. The van der Waals surface area contributed by atoms with E-state index in [2.05, 4.69) is 5.11 Å². The van der Waals surface area contributed by atoms with Crippen LogP contribution in [0.4, 0.5) is 0 Å². The topological polar surface area (TPSA) is 49.7 Å². The fourth-order valence-electron chi connectivity index (χ4n) is 1.09. The summed E-state index contributed by atoms with van der Waals surface area (Å²) in [7, 11) is 0. The zero-order chi connectivity index (χ0) is 7.56. The van der Waals surface area contributed by atoms with Crippen molar-refractivity contribution in [3.8, 4) is 0 Å². The second-order valence-electron chi connectivity index (χ2n) is 2.45. The number of hydrogen-bond donors (Lipinski definition) is 2. The maximum absolute atomic E-state index is 9.20. The summed E-state index contributed by atoms with van der Waals surface area (Å²) >= 11 is 0. The summed E-state index contributed by atoms with van der Waals surface area (Å²) in [5.74, 6) is 0. The molecule has 54 valence electrons. The lowest BCUT2D eigenvalue weighted by Crippen LogP contribution is -2.24. The van der Waals surface area contributed by atoms with Gasteiger partial charge in [-0.2, -0.15) is 0 Å². The summed E-state index contributed by atoms with van der Waals surface area (Å²) in [5.41, 5.74) is 0. The van der Waals surface area contributed by atoms with Crippen LogP contribution in [-0.2, 0) is 4.74 Å². The minimum absolute atomic E-state index is 0.0927. The monoisotopic (exact) mass is 133 g/mol. The highest BCUT2D eigenvalue weighted by atomic mass is 16.5. The predicted molar refractivity (Wildman–Crippen MR) is 32.0 cm³/mol. The number of aliphatic hydroxyl groups is 2. The van der Waals surface area contributed by atoms with Crippen LogP contribution in [0.3, 0.4) is 0 Å². The molecule has 1 aliphatic heterocycles. The third-order valence-corrected chi connectivity index (χ3v) is 1.57. The molecule has 1 aliphatic rings. The minimum atomic E-state index is -0.458. The summed E-state index contributed by atoms with van der Waals surface area (Å²) < 4.78 is 11.7. The highest BCUT2D eigenvalue weighted by Gasteiger charge is 2.30. The molecular formula is C6H12O3. The Bertz CT molecular complexity index is 109. The summed E-state index contributed by atoms with van der Waals surface area (Å²) in [5, 5.41) is 13.3. The first-order chi connectivity index (χ1) is 4.74.